The number of hydrogen-bond acceptors (Lipinski definition) is 9. The molecule has 15 nitrogen and oxygen atoms in total. The molecule has 0 saturated carbocycles. The highest BCUT2D eigenvalue weighted by molar-refractivity contribution is 6.01. The van der Waals surface area contributed by atoms with Crippen LogP contribution in [0.4, 0.5) is 0 Å². The van der Waals surface area contributed by atoms with Gasteiger partial charge in [0.2, 0.25) is 23.6 Å². The van der Waals surface area contributed by atoms with Crippen molar-refractivity contribution in [3.63, 3.8) is 0 Å². The van der Waals surface area contributed by atoms with Gasteiger partial charge in [0, 0.05) is 88.8 Å². The van der Waals surface area contributed by atoms with E-state index in [4.69, 9.17) is 9.47 Å². The number of morpholine rings is 1. The van der Waals surface area contributed by atoms with E-state index in [1.54, 1.807) is 35.4 Å². The third-order valence-electron chi connectivity index (χ3n) is 11.2. The number of rotatable bonds is 8. The summed E-state index contributed by atoms with van der Waals surface area (Å²) in [7, 11) is 0. The normalized spacial score (nSPS) is 22.2. The summed E-state index contributed by atoms with van der Waals surface area (Å²) in [6.45, 7) is 7.70. The van der Waals surface area contributed by atoms with Crippen molar-refractivity contribution in [3.05, 3.63) is 102 Å². The number of H-pyrrole nitrogens is 1. The average Bonchev–Trinajstić information content (AvgIpc) is 3.67. The SMILES string of the molecule is O=C1C[C@@H](C(=O)N2CCN(CCN3CCOCC3)CC2)NC(=O)c2ccccc2OCCCNC(=O)[C@H](Cc2ccccc2)NC(=O)[C@H](Cc2c[nH]c3ccccc23)N1. The molecule has 5 amide bonds. The molecule has 3 atom stereocenters. The lowest BCUT2D eigenvalue weighted by Gasteiger charge is -2.37. The second-order valence-electron chi connectivity index (χ2n) is 15.3. The highest BCUT2D eigenvalue weighted by atomic mass is 16.5. The van der Waals surface area contributed by atoms with E-state index >= 15 is 0 Å². The first-order valence-corrected chi connectivity index (χ1v) is 20.6. The van der Waals surface area contributed by atoms with E-state index in [-0.39, 0.29) is 43.4 Å². The predicted octanol–water partition coefficient (Wildman–Crippen LogP) is 1.49. The average molecular weight is 807 g/mol. The monoisotopic (exact) mass is 806 g/mol. The van der Waals surface area contributed by atoms with Gasteiger partial charge in [-0.05, 0) is 35.7 Å². The minimum Gasteiger partial charge on any atom is -0.493 e. The highest BCUT2D eigenvalue weighted by Gasteiger charge is 2.34. The Bertz CT molecular complexity index is 2060. The number of carbonyl (C=O) groups is 5. The first kappa shape index (κ1) is 41.4. The number of aromatic nitrogens is 1. The van der Waals surface area contributed by atoms with E-state index in [1.165, 1.54) is 0 Å². The van der Waals surface area contributed by atoms with Gasteiger partial charge in [-0.1, -0.05) is 60.7 Å². The second-order valence-corrected chi connectivity index (χ2v) is 15.3. The van der Waals surface area contributed by atoms with Crippen LogP contribution in [-0.4, -0.2) is 146 Å². The van der Waals surface area contributed by atoms with Gasteiger partial charge >= 0.3 is 0 Å². The number of nitrogens with one attached hydrogen (secondary N) is 5. The van der Waals surface area contributed by atoms with Crippen molar-refractivity contribution >= 4 is 40.4 Å². The van der Waals surface area contributed by atoms with Gasteiger partial charge in [0.05, 0.1) is 31.8 Å². The van der Waals surface area contributed by atoms with Crippen LogP contribution in [0.2, 0.25) is 0 Å². The molecule has 0 unspecified atom stereocenters. The predicted molar refractivity (Wildman–Crippen MR) is 222 cm³/mol. The fraction of sp³-hybridized carbons (Fsp3) is 0.432. The molecule has 4 aromatic rings. The molecule has 0 radical (unpaired) electrons. The number of nitrogens with zero attached hydrogens (tertiary/aromatic N) is 3. The fourth-order valence-corrected chi connectivity index (χ4v) is 7.82. The third-order valence-corrected chi connectivity index (χ3v) is 11.2. The molecule has 4 heterocycles. The van der Waals surface area contributed by atoms with Gasteiger partial charge in [0.25, 0.3) is 5.91 Å². The molecule has 15 heteroatoms. The lowest BCUT2D eigenvalue weighted by atomic mass is 10.0. The first-order valence-electron chi connectivity index (χ1n) is 20.6. The summed E-state index contributed by atoms with van der Waals surface area (Å²) < 4.78 is 11.5. The molecule has 3 aromatic carbocycles. The molecule has 2 saturated heterocycles. The number of benzene rings is 3. The zero-order valence-electron chi connectivity index (χ0n) is 33.3. The summed E-state index contributed by atoms with van der Waals surface area (Å²) in [5.41, 5.74) is 2.72. The quantitative estimate of drug-likeness (QED) is 0.177. The summed E-state index contributed by atoms with van der Waals surface area (Å²) in [6, 6.07) is 20.5. The van der Waals surface area contributed by atoms with Crippen LogP contribution in [0.1, 0.15) is 34.3 Å². The lowest BCUT2D eigenvalue weighted by Crippen LogP contribution is -2.58. The molecule has 3 aliphatic heterocycles. The van der Waals surface area contributed by atoms with Crippen LogP contribution < -0.4 is 26.0 Å². The van der Waals surface area contributed by atoms with Crippen molar-refractivity contribution < 1.29 is 33.4 Å². The highest BCUT2D eigenvalue weighted by Crippen LogP contribution is 2.21. The van der Waals surface area contributed by atoms with Crippen molar-refractivity contribution in [1.82, 2.24) is 41.0 Å². The van der Waals surface area contributed by atoms with E-state index in [9.17, 15) is 24.0 Å². The molecule has 7 rings (SSSR count). The number of piperazine rings is 1. The first-order chi connectivity index (χ1) is 28.8. The molecule has 59 heavy (non-hydrogen) atoms. The van der Waals surface area contributed by atoms with E-state index in [0.717, 1.165) is 61.4 Å². The molecule has 3 aliphatic rings. The Morgan fingerprint density at radius 3 is 2.19 bits per heavy atom. The number of fused-ring (bicyclic) bond motifs is 2. The van der Waals surface area contributed by atoms with Crippen LogP contribution >= 0.6 is 0 Å². The maximum atomic E-state index is 14.3. The van der Waals surface area contributed by atoms with E-state index < -0.39 is 42.3 Å². The number of amides is 5. The van der Waals surface area contributed by atoms with E-state index in [1.807, 2.05) is 54.6 Å². The van der Waals surface area contributed by atoms with Crippen molar-refractivity contribution in [1.29, 1.82) is 0 Å². The summed E-state index contributed by atoms with van der Waals surface area (Å²) in [6.07, 6.45) is 2.13. The summed E-state index contributed by atoms with van der Waals surface area (Å²) >= 11 is 0. The number of para-hydroxylation sites is 2. The Hall–Kier alpha value is -5.77. The van der Waals surface area contributed by atoms with Gasteiger partial charge in [0.15, 0.2) is 0 Å². The van der Waals surface area contributed by atoms with E-state index in [2.05, 4.69) is 36.1 Å². The largest absolute Gasteiger partial charge is 0.493 e. The Balaban J connectivity index is 1.13. The molecule has 0 spiro atoms. The summed E-state index contributed by atoms with van der Waals surface area (Å²) in [4.78, 5) is 80.0. The van der Waals surface area contributed by atoms with Gasteiger partial charge in [-0.2, -0.15) is 0 Å². The standard InChI is InChI=1S/C44H54N8O7/c53-40-29-38(44(57)52-20-18-50(19-21-52)16-17-51-22-25-58-26-23-51)49-41(54)34-12-5-7-14-39(34)59-24-8-15-45-42(55)36(27-31-9-2-1-3-10-31)48-43(56)37(47-40)28-32-30-46-35-13-6-4-11-33(32)35/h1-7,9-14,30,36-38,46H,8,15-29H2,(H,45,55)(H,47,53)(H,48,56)(H,49,54)/t36-,37-,38-/m0/s1. The van der Waals surface area contributed by atoms with Crippen LogP contribution in [0.15, 0.2) is 85.1 Å². The number of ether oxygens (including phenoxy) is 2. The molecule has 1 aromatic heterocycles. The molecule has 312 valence electrons. The van der Waals surface area contributed by atoms with Gasteiger partial charge in [0.1, 0.15) is 23.9 Å². The molecule has 0 aliphatic carbocycles. The van der Waals surface area contributed by atoms with Crippen LogP contribution in [-0.2, 0) is 36.8 Å². The van der Waals surface area contributed by atoms with Crippen molar-refractivity contribution in [2.24, 2.45) is 0 Å². The Morgan fingerprint density at radius 2 is 1.39 bits per heavy atom. The Morgan fingerprint density at radius 1 is 0.695 bits per heavy atom. The zero-order chi connectivity index (χ0) is 41.0. The smallest absolute Gasteiger partial charge is 0.255 e. The van der Waals surface area contributed by atoms with Gasteiger partial charge in [-0.3, -0.25) is 33.8 Å². The summed E-state index contributed by atoms with van der Waals surface area (Å²) in [5, 5.41) is 12.5. The van der Waals surface area contributed by atoms with Crippen molar-refractivity contribution in [2.75, 3.05) is 78.7 Å². The van der Waals surface area contributed by atoms with Crippen molar-refractivity contribution in [2.45, 2.75) is 43.8 Å². The Kier molecular flexibility index (Phi) is 14.2. The second kappa shape index (κ2) is 20.3. The Labute approximate surface area is 344 Å². The fourth-order valence-electron chi connectivity index (χ4n) is 7.82. The molecule has 5 N–H and O–H groups in total. The topological polar surface area (TPSA) is 177 Å². The third kappa shape index (κ3) is 11.2. The van der Waals surface area contributed by atoms with E-state index in [0.29, 0.717) is 38.3 Å². The van der Waals surface area contributed by atoms with Crippen molar-refractivity contribution in [3.8, 4) is 5.75 Å². The maximum absolute atomic E-state index is 14.3. The molecule has 0 bridgehead atoms. The molecular weight excluding hydrogens is 753 g/mol. The van der Waals surface area contributed by atoms with Crippen LogP contribution in [0.5, 0.6) is 5.75 Å². The van der Waals surface area contributed by atoms with Crippen LogP contribution in [0.3, 0.4) is 0 Å². The maximum Gasteiger partial charge on any atom is 0.255 e. The van der Waals surface area contributed by atoms with Gasteiger partial charge < -0.3 is 40.6 Å². The molecule has 2 fully saturated rings. The van der Waals surface area contributed by atoms with Crippen LogP contribution in [0, 0.1) is 0 Å². The minimum atomic E-state index is -1.23. The zero-order valence-corrected chi connectivity index (χ0v) is 33.3. The van der Waals surface area contributed by atoms with Gasteiger partial charge in [-0.15, -0.1) is 0 Å². The lowest BCUT2D eigenvalue weighted by molar-refractivity contribution is -0.138. The minimum absolute atomic E-state index is 0.101. The number of hydrogen-bond donors (Lipinski definition) is 5. The summed E-state index contributed by atoms with van der Waals surface area (Å²) in [5.74, 6) is -2.18. The van der Waals surface area contributed by atoms with Gasteiger partial charge in [-0.25, -0.2) is 0 Å². The number of carbonyl (C=O) groups excluding carboxylic acids is 5. The number of aromatic amines is 1. The van der Waals surface area contributed by atoms with Crippen LogP contribution in [0.25, 0.3) is 10.9 Å². The molecular formula is C44H54N8O7.